The predicted octanol–water partition coefficient (Wildman–Crippen LogP) is 4.53. The number of alkyl halides is 3. The number of rotatable bonds is 3. The van der Waals surface area contributed by atoms with E-state index < -0.39 is 17.7 Å². The lowest BCUT2D eigenvalue weighted by molar-refractivity contribution is -0.137. The van der Waals surface area contributed by atoms with Gasteiger partial charge < -0.3 is 25.2 Å². The van der Waals surface area contributed by atoms with E-state index in [0.717, 1.165) is 23.5 Å². The summed E-state index contributed by atoms with van der Waals surface area (Å²) >= 11 is 1.08. The van der Waals surface area contributed by atoms with E-state index in [1.54, 1.807) is 38.8 Å². The molecule has 9 nitrogen and oxygen atoms in total. The second-order valence-corrected chi connectivity index (χ2v) is 8.31. The molecule has 34 heavy (non-hydrogen) atoms. The number of amides is 2. The lowest BCUT2D eigenvalue weighted by Gasteiger charge is -2.06. The number of aromatic nitrogens is 3. The lowest BCUT2D eigenvalue weighted by atomic mass is 10.2. The van der Waals surface area contributed by atoms with E-state index in [-0.39, 0.29) is 11.6 Å². The van der Waals surface area contributed by atoms with Crippen molar-refractivity contribution in [3.63, 3.8) is 0 Å². The van der Waals surface area contributed by atoms with Crippen LogP contribution in [0.5, 0.6) is 0 Å². The summed E-state index contributed by atoms with van der Waals surface area (Å²) in [4.78, 5) is 31.5. The summed E-state index contributed by atoms with van der Waals surface area (Å²) in [6.07, 6.45) is -4.41. The van der Waals surface area contributed by atoms with Gasteiger partial charge in [-0.3, -0.25) is 0 Å². The van der Waals surface area contributed by atoms with Crippen molar-refractivity contribution in [2.45, 2.75) is 6.18 Å². The monoisotopic (exact) mass is 494 g/mol. The SMILES string of the molecule is CNC(=O)N(C)C.Cn1c(Nc2nc3ccc(C(F)(F)F)cc3s2)nc2cc(C(=O)O)ccc21. The van der Waals surface area contributed by atoms with E-state index in [1.807, 2.05) is 0 Å². The Labute approximate surface area is 195 Å². The number of fused-ring (bicyclic) bond motifs is 2. The number of urea groups is 1. The first kappa shape index (κ1) is 24.8. The molecule has 2 aromatic heterocycles. The maximum Gasteiger partial charge on any atom is 0.416 e. The maximum absolute atomic E-state index is 12.8. The number of hydrogen-bond donors (Lipinski definition) is 3. The Balaban J connectivity index is 0.000000406. The van der Waals surface area contributed by atoms with Crippen LogP contribution in [0.25, 0.3) is 21.3 Å². The van der Waals surface area contributed by atoms with Gasteiger partial charge in [0.05, 0.1) is 32.4 Å². The van der Waals surface area contributed by atoms with E-state index in [2.05, 4.69) is 20.6 Å². The third-order valence-electron chi connectivity index (χ3n) is 4.68. The molecule has 180 valence electrons. The zero-order valence-electron chi connectivity index (χ0n) is 18.6. The van der Waals surface area contributed by atoms with Gasteiger partial charge in [-0.2, -0.15) is 13.2 Å². The minimum atomic E-state index is -4.41. The molecule has 4 rings (SSSR count). The number of carboxylic acids is 1. The highest BCUT2D eigenvalue weighted by atomic mass is 32.1. The van der Waals surface area contributed by atoms with Gasteiger partial charge in [-0.05, 0) is 36.4 Å². The van der Waals surface area contributed by atoms with Crippen LogP contribution in [0.3, 0.4) is 0 Å². The van der Waals surface area contributed by atoms with Gasteiger partial charge in [0, 0.05) is 28.2 Å². The zero-order chi connectivity index (χ0) is 25.2. The Morgan fingerprint density at radius 3 is 2.35 bits per heavy atom. The molecule has 0 fully saturated rings. The Kier molecular flexibility index (Phi) is 6.96. The minimum Gasteiger partial charge on any atom is -0.478 e. The molecular weight excluding hydrogens is 473 g/mol. The van der Waals surface area contributed by atoms with Gasteiger partial charge in [0.15, 0.2) is 5.13 Å². The molecule has 0 unspecified atom stereocenters. The number of halogens is 3. The highest BCUT2D eigenvalue weighted by Crippen LogP contribution is 2.35. The summed E-state index contributed by atoms with van der Waals surface area (Å²) in [6.45, 7) is 0. The standard InChI is InChI=1S/C17H11F3N4O2S.C4H10N2O/c1-24-12-5-2-8(14(25)26)6-11(12)21-15(24)23-16-22-10-4-3-9(17(18,19)20)7-13(10)27-16;1-5-4(7)6(2)3/h2-7H,1H3,(H,25,26)(H,21,22,23);1-3H3,(H,5,7). The molecule has 2 amide bonds. The molecule has 0 bridgehead atoms. The number of carboxylic acid groups (broad SMARTS) is 1. The maximum atomic E-state index is 12.8. The summed E-state index contributed by atoms with van der Waals surface area (Å²) in [5.41, 5.74) is 1.03. The van der Waals surface area contributed by atoms with Crippen LogP contribution in [0.4, 0.5) is 29.0 Å². The lowest BCUT2D eigenvalue weighted by Crippen LogP contribution is -2.31. The number of imidazole rings is 1. The van der Waals surface area contributed by atoms with Crippen molar-refractivity contribution in [3.05, 3.63) is 47.5 Å². The highest BCUT2D eigenvalue weighted by Gasteiger charge is 2.30. The largest absolute Gasteiger partial charge is 0.478 e. The Hall–Kier alpha value is -3.87. The van der Waals surface area contributed by atoms with E-state index in [4.69, 9.17) is 5.11 Å². The van der Waals surface area contributed by atoms with Crippen molar-refractivity contribution < 1.29 is 27.9 Å². The molecule has 0 radical (unpaired) electrons. The van der Waals surface area contributed by atoms with E-state index >= 15 is 0 Å². The van der Waals surface area contributed by atoms with Crippen molar-refractivity contribution in [2.75, 3.05) is 26.5 Å². The third-order valence-corrected chi connectivity index (χ3v) is 5.62. The number of carbonyl (C=O) groups is 2. The number of benzene rings is 2. The summed E-state index contributed by atoms with van der Waals surface area (Å²) in [6, 6.07) is 7.89. The van der Waals surface area contributed by atoms with Crippen LogP contribution in [-0.4, -0.2) is 57.7 Å². The molecule has 0 spiro atoms. The molecule has 4 aromatic rings. The highest BCUT2D eigenvalue weighted by molar-refractivity contribution is 7.22. The fraction of sp³-hybridized carbons (Fsp3) is 0.238. The van der Waals surface area contributed by atoms with Crippen LogP contribution >= 0.6 is 11.3 Å². The molecule has 2 aromatic carbocycles. The van der Waals surface area contributed by atoms with Crippen LogP contribution in [0, 0.1) is 0 Å². The van der Waals surface area contributed by atoms with E-state index in [0.29, 0.717) is 32.3 Å². The average Bonchev–Trinajstić information content (AvgIpc) is 3.32. The van der Waals surface area contributed by atoms with E-state index in [9.17, 15) is 22.8 Å². The van der Waals surface area contributed by atoms with Gasteiger partial charge >= 0.3 is 18.2 Å². The van der Waals surface area contributed by atoms with Crippen LogP contribution < -0.4 is 10.6 Å². The number of hydrogen-bond acceptors (Lipinski definition) is 6. The molecule has 0 aliphatic heterocycles. The molecule has 0 saturated heterocycles. The van der Waals surface area contributed by atoms with Gasteiger partial charge in [-0.15, -0.1) is 0 Å². The number of thiazole rings is 1. The predicted molar refractivity (Wildman–Crippen MR) is 124 cm³/mol. The number of nitrogens with zero attached hydrogens (tertiary/aromatic N) is 4. The first-order chi connectivity index (χ1) is 15.9. The molecule has 0 saturated carbocycles. The van der Waals surface area contributed by atoms with Gasteiger partial charge in [-0.25, -0.2) is 19.6 Å². The van der Waals surface area contributed by atoms with Gasteiger partial charge in [-0.1, -0.05) is 11.3 Å². The zero-order valence-corrected chi connectivity index (χ0v) is 19.4. The summed E-state index contributed by atoms with van der Waals surface area (Å²) in [5, 5.41) is 14.9. The quantitative estimate of drug-likeness (QED) is 0.386. The number of anilines is 2. The molecule has 3 N–H and O–H groups in total. The van der Waals surface area contributed by atoms with Crippen molar-refractivity contribution >= 4 is 55.7 Å². The second kappa shape index (κ2) is 9.55. The number of nitrogens with one attached hydrogen (secondary N) is 2. The smallest absolute Gasteiger partial charge is 0.416 e. The van der Waals surface area contributed by atoms with E-state index in [1.165, 1.54) is 23.1 Å². The Morgan fingerprint density at radius 2 is 1.79 bits per heavy atom. The van der Waals surface area contributed by atoms with Gasteiger partial charge in [0.25, 0.3) is 0 Å². The fourth-order valence-electron chi connectivity index (χ4n) is 2.92. The average molecular weight is 494 g/mol. The summed E-state index contributed by atoms with van der Waals surface area (Å²) in [7, 11) is 6.73. The fourth-order valence-corrected chi connectivity index (χ4v) is 3.82. The Bertz CT molecular complexity index is 1360. The number of aromatic carboxylic acids is 1. The van der Waals surface area contributed by atoms with Crippen molar-refractivity contribution in [2.24, 2.45) is 7.05 Å². The first-order valence-corrected chi connectivity index (χ1v) is 10.6. The van der Waals surface area contributed by atoms with Crippen molar-refractivity contribution in [1.29, 1.82) is 0 Å². The van der Waals surface area contributed by atoms with Crippen molar-refractivity contribution in [1.82, 2.24) is 24.8 Å². The third kappa shape index (κ3) is 5.36. The molecule has 0 atom stereocenters. The molecule has 2 heterocycles. The summed E-state index contributed by atoms with van der Waals surface area (Å²) < 4.78 is 40.6. The minimum absolute atomic E-state index is 0.0694. The normalized spacial score (nSPS) is 11.1. The molecule has 0 aliphatic carbocycles. The molecular formula is C21H21F3N6O3S. The molecule has 13 heteroatoms. The Morgan fingerprint density at radius 1 is 1.09 bits per heavy atom. The van der Waals surface area contributed by atoms with Crippen LogP contribution in [0.15, 0.2) is 36.4 Å². The number of carbonyl (C=O) groups excluding carboxylic acids is 1. The summed E-state index contributed by atoms with van der Waals surface area (Å²) in [5.74, 6) is -0.647. The van der Waals surface area contributed by atoms with Gasteiger partial charge in [0.1, 0.15) is 0 Å². The molecule has 0 aliphatic rings. The first-order valence-electron chi connectivity index (χ1n) is 9.74. The van der Waals surface area contributed by atoms with Crippen LogP contribution in [0.1, 0.15) is 15.9 Å². The van der Waals surface area contributed by atoms with Crippen LogP contribution in [-0.2, 0) is 13.2 Å². The van der Waals surface area contributed by atoms with Crippen molar-refractivity contribution in [3.8, 4) is 0 Å². The second-order valence-electron chi connectivity index (χ2n) is 7.28. The number of aryl methyl sites for hydroxylation is 1. The topological polar surface area (TPSA) is 112 Å². The van der Waals surface area contributed by atoms with Gasteiger partial charge in [0.2, 0.25) is 5.95 Å². The van der Waals surface area contributed by atoms with Crippen LogP contribution in [0.2, 0.25) is 0 Å².